The van der Waals surface area contributed by atoms with E-state index in [2.05, 4.69) is 10.1 Å². The van der Waals surface area contributed by atoms with Crippen LogP contribution in [0.5, 0.6) is 0 Å². The lowest BCUT2D eigenvalue weighted by atomic mass is 10.2. The molecule has 3 aromatic rings. The normalized spacial score (nSPS) is 16.6. The largest absolute Gasteiger partial charge is 0.451 e. The number of rotatable bonds is 6. The van der Waals surface area contributed by atoms with Gasteiger partial charge in [0.2, 0.25) is 0 Å². The van der Waals surface area contributed by atoms with Crippen LogP contribution < -0.4 is 11.4 Å². The van der Waals surface area contributed by atoms with Gasteiger partial charge in [0.25, 0.3) is 5.91 Å². The maximum atomic E-state index is 13.1. The Hall–Kier alpha value is -3.34. The topological polar surface area (TPSA) is 112 Å². The maximum Gasteiger partial charge on any atom is 0.348 e. The van der Waals surface area contributed by atoms with E-state index in [1.807, 2.05) is 4.90 Å². The fourth-order valence-corrected chi connectivity index (χ4v) is 4.29. The van der Waals surface area contributed by atoms with Gasteiger partial charge in [0.15, 0.2) is 11.9 Å². The lowest BCUT2D eigenvalue weighted by Crippen LogP contribution is -2.33. The number of benzene rings is 1. The van der Waals surface area contributed by atoms with E-state index in [0.29, 0.717) is 22.8 Å². The van der Waals surface area contributed by atoms with Crippen LogP contribution in [-0.4, -0.2) is 30.1 Å². The zero-order valence-electron chi connectivity index (χ0n) is 15.4. The molecule has 0 spiro atoms. The van der Waals surface area contributed by atoms with Gasteiger partial charge in [0.1, 0.15) is 18.4 Å². The molecule has 0 saturated heterocycles. The van der Waals surface area contributed by atoms with Crippen molar-refractivity contribution in [1.82, 2.24) is 24.2 Å². The van der Waals surface area contributed by atoms with E-state index < -0.39 is 11.4 Å². The van der Waals surface area contributed by atoms with Gasteiger partial charge in [-0.25, -0.2) is 18.9 Å². The highest BCUT2D eigenvalue weighted by molar-refractivity contribution is 8.04. The van der Waals surface area contributed by atoms with Crippen molar-refractivity contribution in [3.8, 4) is 0 Å². The van der Waals surface area contributed by atoms with Crippen molar-refractivity contribution in [1.29, 1.82) is 0 Å². The first-order valence-corrected chi connectivity index (χ1v) is 9.51. The molecule has 0 saturated carbocycles. The van der Waals surface area contributed by atoms with Crippen molar-refractivity contribution in [3.05, 3.63) is 81.4 Å². The Balaban J connectivity index is 1.64. The number of primary amides is 1. The van der Waals surface area contributed by atoms with Crippen LogP contribution >= 0.6 is 11.8 Å². The predicted octanol–water partition coefficient (Wildman–Crippen LogP) is 1.64. The lowest BCUT2D eigenvalue weighted by Gasteiger charge is -2.26. The van der Waals surface area contributed by atoms with Gasteiger partial charge in [0.05, 0.1) is 23.7 Å². The first kappa shape index (κ1) is 19.0. The molecule has 29 heavy (non-hydrogen) atoms. The minimum atomic E-state index is -0.563. The molecule has 0 bridgehead atoms. The van der Waals surface area contributed by atoms with E-state index in [4.69, 9.17) is 10.2 Å². The smallest absolute Gasteiger partial charge is 0.348 e. The van der Waals surface area contributed by atoms with Gasteiger partial charge in [-0.2, -0.15) is 5.10 Å². The molecular weight excluding hydrogens is 399 g/mol. The zero-order valence-corrected chi connectivity index (χ0v) is 16.2. The van der Waals surface area contributed by atoms with E-state index in [0.717, 1.165) is 5.56 Å². The van der Waals surface area contributed by atoms with Crippen molar-refractivity contribution in [3.63, 3.8) is 0 Å². The van der Waals surface area contributed by atoms with E-state index in [-0.39, 0.29) is 18.1 Å². The Labute approximate surface area is 168 Å². The standard InChI is InChI=1S/C18H17FN6O3S/c1-11-15(16(20)26)29-18(23(11)7-14-8-28-10-21-14)24-9-22-25(17(24)27)6-12-2-4-13(19)5-3-12/h2-5,8-10,18H,6-7H2,1H3,(H2,20,26). The quantitative estimate of drug-likeness (QED) is 0.650. The second-order valence-corrected chi connectivity index (χ2v) is 7.50. The lowest BCUT2D eigenvalue weighted by molar-refractivity contribution is -0.114. The third-order valence-corrected chi connectivity index (χ3v) is 5.95. The minimum absolute atomic E-state index is 0.196. The number of thioether (sulfide) groups is 1. The van der Waals surface area contributed by atoms with Crippen LogP contribution in [0.15, 0.2) is 63.1 Å². The molecule has 4 rings (SSSR count). The molecule has 1 aromatic carbocycles. The number of nitrogens with two attached hydrogens (primary N) is 1. The van der Waals surface area contributed by atoms with Gasteiger partial charge >= 0.3 is 5.69 Å². The molecule has 0 fully saturated rings. The number of allylic oxidation sites excluding steroid dienone is 1. The Morgan fingerprint density at radius 3 is 2.72 bits per heavy atom. The van der Waals surface area contributed by atoms with E-state index >= 15 is 0 Å². The number of hydrogen-bond acceptors (Lipinski definition) is 7. The van der Waals surface area contributed by atoms with Gasteiger partial charge < -0.3 is 15.1 Å². The highest BCUT2D eigenvalue weighted by Gasteiger charge is 2.35. The van der Waals surface area contributed by atoms with Crippen LogP contribution in [0, 0.1) is 5.82 Å². The highest BCUT2D eigenvalue weighted by atomic mass is 32.2. The van der Waals surface area contributed by atoms with Gasteiger partial charge in [-0.05, 0) is 24.6 Å². The average Bonchev–Trinajstić information content (AvgIpc) is 3.40. The molecule has 1 amide bonds. The Morgan fingerprint density at radius 1 is 1.31 bits per heavy atom. The summed E-state index contributed by atoms with van der Waals surface area (Å²) < 4.78 is 20.8. The van der Waals surface area contributed by atoms with Crippen LogP contribution in [0.4, 0.5) is 4.39 Å². The monoisotopic (exact) mass is 416 g/mol. The summed E-state index contributed by atoms with van der Waals surface area (Å²) in [7, 11) is 0. The minimum Gasteiger partial charge on any atom is -0.451 e. The predicted molar refractivity (Wildman–Crippen MR) is 103 cm³/mol. The molecule has 150 valence electrons. The number of carbonyl (C=O) groups excluding carboxylic acids is 1. The summed E-state index contributed by atoms with van der Waals surface area (Å²) in [6.07, 6.45) is 4.23. The summed E-state index contributed by atoms with van der Waals surface area (Å²) in [6.45, 7) is 2.29. The van der Waals surface area contributed by atoms with Crippen LogP contribution in [0.1, 0.15) is 23.7 Å². The molecule has 2 aromatic heterocycles. The Morgan fingerprint density at radius 2 is 2.07 bits per heavy atom. The second-order valence-electron chi connectivity index (χ2n) is 6.44. The molecule has 11 heteroatoms. The molecule has 1 unspecified atom stereocenters. The van der Waals surface area contributed by atoms with E-state index in [9.17, 15) is 14.0 Å². The third-order valence-electron chi connectivity index (χ3n) is 4.53. The van der Waals surface area contributed by atoms with Crippen molar-refractivity contribution >= 4 is 17.7 Å². The van der Waals surface area contributed by atoms with Crippen LogP contribution in [0.2, 0.25) is 0 Å². The first-order valence-electron chi connectivity index (χ1n) is 8.63. The summed E-state index contributed by atoms with van der Waals surface area (Å²) in [6, 6.07) is 5.85. The summed E-state index contributed by atoms with van der Waals surface area (Å²) in [4.78, 5) is 31.1. The molecule has 0 aliphatic carbocycles. The van der Waals surface area contributed by atoms with Crippen molar-refractivity contribution in [2.24, 2.45) is 5.73 Å². The van der Waals surface area contributed by atoms with Gasteiger partial charge in [-0.1, -0.05) is 23.9 Å². The van der Waals surface area contributed by atoms with Crippen LogP contribution in [0.3, 0.4) is 0 Å². The highest BCUT2D eigenvalue weighted by Crippen LogP contribution is 2.44. The number of nitrogens with zero attached hydrogens (tertiary/aromatic N) is 5. The third kappa shape index (κ3) is 3.68. The Bertz CT molecular complexity index is 1120. The molecular formula is C18H17FN6O3S. The second kappa shape index (κ2) is 7.59. The van der Waals surface area contributed by atoms with Crippen LogP contribution in [0.25, 0.3) is 0 Å². The number of hydrogen-bond donors (Lipinski definition) is 1. The van der Waals surface area contributed by atoms with Crippen molar-refractivity contribution in [2.45, 2.75) is 25.5 Å². The number of halogens is 1. The van der Waals surface area contributed by atoms with E-state index in [1.54, 1.807) is 19.1 Å². The van der Waals surface area contributed by atoms with Crippen molar-refractivity contribution in [2.75, 3.05) is 0 Å². The average molecular weight is 416 g/mol. The molecule has 3 heterocycles. The van der Waals surface area contributed by atoms with Gasteiger partial charge in [-0.3, -0.25) is 9.36 Å². The number of aromatic nitrogens is 4. The molecule has 2 N–H and O–H groups in total. The molecule has 0 radical (unpaired) electrons. The van der Waals surface area contributed by atoms with Gasteiger partial charge in [-0.15, -0.1) is 0 Å². The summed E-state index contributed by atoms with van der Waals surface area (Å²) in [5.41, 5.74) is 6.62. The number of amides is 1. The zero-order chi connectivity index (χ0) is 20.5. The van der Waals surface area contributed by atoms with Crippen molar-refractivity contribution < 1.29 is 13.6 Å². The van der Waals surface area contributed by atoms with Crippen LogP contribution in [-0.2, 0) is 17.9 Å². The maximum absolute atomic E-state index is 13.1. The van der Waals surface area contributed by atoms with Gasteiger partial charge in [0, 0.05) is 5.70 Å². The Kier molecular flexibility index (Phi) is 4.97. The fourth-order valence-electron chi connectivity index (χ4n) is 3.05. The SMILES string of the molecule is CC1=C(C(N)=O)SC(n2cnn(Cc3ccc(F)cc3)c2=O)N1Cc1cocn1. The first-order chi connectivity index (χ1) is 13.9. The number of carbonyl (C=O) groups is 1. The summed E-state index contributed by atoms with van der Waals surface area (Å²) >= 11 is 1.18. The summed E-state index contributed by atoms with van der Waals surface area (Å²) in [5.74, 6) is -0.912. The molecule has 1 aliphatic heterocycles. The number of oxazole rings is 1. The van der Waals surface area contributed by atoms with E-state index in [1.165, 1.54) is 52.1 Å². The summed E-state index contributed by atoms with van der Waals surface area (Å²) in [5, 5.41) is 4.17. The molecule has 1 aliphatic rings. The molecule has 9 nitrogen and oxygen atoms in total. The molecule has 1 atom stereocenters. The fraction of sp³-hybridized carbons (Fsp3) is 0.222.